The molecule has 10 heteroatoms. The molecule has 10 nitrogen and oxygen atoms in total. The van der Waals surface area contributed by atoms with Gasteiger partial charge in [-0.15, -0.1) is 5.10 Å². The predicted octanol–water partition coefficient (Wildman–Crippen LogP) is 0.642. The lowest BCUT2D eigenvalue weighted by molar-refractivity contribution is -0.121. The molecule has 3 rings (SSSR count). The number of nitrogens with one attached hydrogen (secondary N) is 2. The number of aryl methyl sites for hydroxylation is 1. The summed E-state index contributed by atoms with van der Waals surface area (Å²) in [6.07, 6.45) is 3.86. The van der Waals surface area contributed by atoms with Gasteiger partial charge in [0.1, 0.15) is 5.82 Å². The summed E-state index contributed by atoms with van der Waals surface area (Å²) >= 11 is 0. The fourth-order valence-corrected chi connectivity index (χ4v) is 2.05. The monoisotopic (exact) mass is 328 g/mol. The van der Waals surface area contributed by atoms with E-state index in [4.69, 9.17) is 10.3 Å². The van der Waals surface area contributed by atoms with Crippen LogP contribution in [0.25, 0.3) is 11.4 Å². The maximum Gasteiger partial charge on any atom is 0.239 e. The van der Waals surface area contributed by atoms with Gasteiger partial charge in [-0.25, -0.2) is 0 Å². The van der Waals surface area contributed by atoms with Crippen molar-refractivity contribution in [1.29, 1.82) is 0 Å². The summed E-state index contributed by atoms with van der Waals surface area (Å²) in [5.74, 6) is 1.31. The van der Waals surface area contributed by atoms with Gasteiger partial charge in [-0.1, -0.05) is 5.16 Å². The van der Waals surface area contributed by atoms with Gasteiger partial charge in [0.25, 0.3) is 0 Å². The molecule has 0 aromatic carbocycles. The quantitative estimate of drug-likeness (QED) is 0.597. The van der Waals surface area contributed by atoms with E-state index in [2.05, 4.69) is 35.6 Å². The van der Waals surface area contributed by atoms with Gasteiger partial charge in [-0.05, 0) is 19.1 Å². The first kappa shape index (κ1) is 15.6. The molecule has 0 spiro atoms. The molecule has 1 atom stereocenters. The second kappa shape index (κ2) is 6.86. The molecule has 0 bridgehead atoms. The Morgan fingerprint density at radius 3 is 3.04 bits per heavy atom. The van der Waals surface area contributed by atoms with Crippen molar-refractivity contribution in [3.05, 3.63) is 36.2 Å². The van der Waals surface area contributed by atoms with Crippen LogP contribution in [0.1, 0.15) is 31.1 Å². The van der Waals surface area contributed by atoms with E-state index in [0.29, 0.717) is 24.0 Å². The first-order chi connectivity index (χ1) is 11.6. The number of H-pyrrole nitrogens is 1. The maximum atomic E-state index is 12.0. The molecule has 3 aromatic rings. The summed E-state index contributed by atoms with van der Waals surface area (Å²) in [5, 5.41) is 13.1. The van der Waals surface area contributed by atoms with E-state index in [1.54, 1.807) is 25.4 Å². The smallest absolute Gasteiger partial charge is 0.239 e. The van der Waals surface area contributed by atoms with Gasteiger partial charge in [-0.2, -0.15) is 9.97 Å². The average molecular weight is 328 g/mol. The number of rotatable bonds is 6. The Bertz CT molecular complexity index is 813. The largest absolute Gasteiger partial charge is 0.367 e. The minimum Gasteiger partial charge on any atom is -0.367 e. The zero-order valence-electron chi connectivity index (χ0n) is 12.9. The van der Waals surface area contributed by atoms with E-state index in [0.717, 1.165) is 5.56 Å². The number of aromatic nitrogens is 6. The molecule has 4 N–H and O–H groups in total. The molecule has 1 unspecified atom stereocenters. The molecule has 124 valence electrons. The number of nitrogens with two attached hydrogens (primary N) is 1. The number of carbonyl (C=O) groups is 1. The Morgan fingerprint density at radius 2 is 2.33 bits per heavy atom. The minimum atomic E-state index is -0.323. The third kappa shape index (κ3) is 3.72. The molecular formula is C14H16N8O2. The van der Waals surface area contributed by atoms with Gasteiger partial charge >= 0.3 is 0 Å². The van der Waals surface area contributed by atoms with E-state index in [-0.39, 0.29) is 24.3 Å². The van der Waals surface area contributed by atoms with Crippen LogP contribution < -0.4 is 11.1 Å². The van der Waals surface area contributed by atoms with E-state index in [9.17, 15) is 4.79 Å². The number of aromatic amines is 1. The lowest BCUT2D eigenvalue weighted by Crippen LogP contribution is -2.27. The summed E-state index contributed by atoms with van der Waals surface area (Å²) in [7, 11) is 0. The number of amides is 1. The molecule has 0 aliphatic rings. The van der Waals surface area contributed by atoms with Crippen molar-refractivity contribution in [2.24, 2.45) is 0 Å². The van der Waals surface area contributed by atoms with Crippen LogP contribution in [0.2, 0.25) is 0 Å². The van der Waals surface area contributed by atoms with Crippen LogP contribution >= 0.6 is 0 Å². The van der Waals surface area contributed by atoms with Gasteiger partial charge in [0, 0.05) is 30.8 Å². The standard InChI is InChI=1S/C14H16N8O2/c1-8(12-19-14(15)21-20-12)17-10(23)4-5-11-18-13(22-24-11)9-3-2-6-16-7-9/h2-3,6-8H,4-5H2,1H3,(H,17,23)(H3,15,19,20,21). The SMILES string of the molecule is CC(NC(=O)CCc1nc(-c2cccnc2)no1)c1nc(N)n[nH]1. The molecule has 0 fully saturated rings. The van der Waals surface area contributed by atoms with E-state index < -0.39 is 0 Å². The summed E-state index contributed by atoms with van der Waals surface area (Å²) in [6.45, 7) is 1.78. The molecule has 3 aromatic heterocycles. The second-order valence-electron chi connectivity index (χ2n) is 5.12. The summed E-state index contributed by atoms with van der Waals surface area (Å²) < 4.78 is 5.15. The van der Waals surface area contributed by atoms with Crippen molar-refractivity contribution in [2.45, 2.75) is 25.8 Å². The molecular weight excluding hydrogens is 312 g/mol. The number of carbonyl (C=O) groups excluding carboxylic acids is 1. The normalized spacial score (nSPS) is 12.0. The van der Waals surface area contributed by atoms with Gasteiger partial charge in [0.05, 0.1) is 6.04 Å². The number of nitrogen functional groups attached to an aromatic ring is 1. The van der Waals surface area contributed by atoms with Crippen LogP contribution in [0.15, 0.2) is 29.0 Å². The fourth-order valence-electron chi connectivity index (χ4n) is 2.05. The van der Waals surface area contributed by atoms with Crippen molar-refractivity contribution in [3.63, 3.8) is 0 Å². The lowest BCUT2D eigenvalue weighted by atomic mass is 10.2. The van der Waals surface area contributed by atoms with Crippen molar-refractivity contribution < 1.29 is 9.32 Å². The number of pyridine rings is 1. The Balaban J connectivity index is 1.52. The van der Waals surface area contributed by atoms with Gasteiger partial charge < -0.3 is 15.6 Å². The summed E-state index contributed by atoms with van der Waals surface area (Å²) in [4.78, 5) is 24.2. The molecule has 3 heterocycles. The Hall–Kier alpha value is -3.30. The Labute approximate surface area is 136 Å². The third-order valence-corrected chi connectivity index (χ3v) is 3.26. The van der Waals surface area contributed by atoms with Crippen LogP contribution in [0, 0.1) is 0 Å². The Kier molecular flexibility index (Phi) is 4.45. The number of anilines is 1. The average Bonchev–Trinajstić information content (AvgIpc) is 3.23. The highest BCUT2D eigenvalue weighted by Crippen LogP contribution is 2.14. The van der Waals surface area contributed by atoms with Crippen molar-refractivity contribution in [2.75, 3.05) is 5.73 Å². The van der Waals surface area contributed by atoms with Crippen molar-refractivity contribution in [1.82, 2.24) is 35.6 Å². The summed E-state index contributed by atoms with van der Waals surface area (Å²) in [5.41, 5.74) is 6.19. The Morgan fingerprint density at radius 1 is 1.46 bits per heavy atom. The van der Waals surface area contributed by atoms with E-state index in [1.807, 2.05) is 6.07 Å². The van der Waals surface area contributed by atoms with Crippen LogP contribution in [-0.4, -0.2) is 36.2 Å². The molecule has 0 saturated heterocycles. The number of hydrogen-bond acceptors (Lipinski definition) is 8. The van der Waals surface area contributed by atoms with E-state index in [1.165, 1.54) is 0 Å². The minimum absolute atomic E-state index is 0.139. The van der Waals surface area contributed by atoms with Crippen LogP contribution in [0.5, 0.6) is 0 Å². The van der Waals surface area contributed by atoms with Crippen molar-refractivity contribution in [3.8, 4) is 11.4 Å². The molecule has 1 amide bonds. The van der Waals surface area contributed by atoms with Gasteiger partial charge in [0.15, 0.2) is 0 Å². The highest BCUT2D eigenvalue weighted by atomic mass is 16.5. The van der Waals surface area contributed by atoms with Gasteiger partial charge in [-0.3, -0.25) is 14.9 Å². The predicted molar refractivity (Wildman–Crippen MR) is 83.2 cm³/mol. The van der Waals surface area contributed by atoms with Crippen LogP contribution in [-0.2, 0) is 11.2 Å². The highest BCUT2D eigenvalue weighted by Gasteiger charge is 2.15. The molecule has 0 radical (unpaired) electrons. The van der Waals surface area contributed by atoms with Crippen molar-refractivity contribution >= 4 is 11.9 Å². The summed E-state index contributed by atoms with van der Waals surface area (Å²) in [6, 6.07) is 3.30. The highest BCUT2D eigenvalue weighted by molar-refractivity contribution is 5.76. The number of nitrogens with zero attached hydrogens (tertiary/aromatic N) is 5. The van der Waals surface area contributed by atoms with Crippen LogP contribution in [0.3, 0.4) is 0 Å². The molecule has 0 aliphatic carbocycles. The fraction of sp³-hybridized carbons (Fsp3) is 0.286. The first-order valence-electron chi connectivity index (χ1n) is 7.32. The zero-order valence-corrected chi connectivity index (χ0v) is 12.9. The van der Waals surface area contributed by atoms with Crippen LogP contribution in [0.4, 0.5) is 5.95 Å². The molecule has 0 aliphatic heterocycles. The molecule has 0 saturated carbocycles. The third-order valence-electron chi connectivity index (χ3n) is 3.26. The second-order valence-corrected chi connectivity index (χ2v) is 5.12. The van der Waals surface area contributed by atoms with Gasteiger partial charge in [0.2, 0.25) is 23.6 Å². The van der Waals surface area contributed by atoms with E-state index >= 15 is 0 Å². The molecule has 24 heavy (non-hydrogen) atoms. The topological polar surface area (TPSA) is 148 Å². The maximum absolute atomic E-state index is 12.0. The number of hydrogen-bond donors (Lipinski definition) is 3. The zero-order chi connectivity index (χ0) is 16.9. The lowest BCUT2D eigenvalue weighted by Gasteiger charge is -2.09. The first-order valence-corrected chi connectivity index (χ1v) is 7.32.